The second kappa shape index (κ2) is 3.84. The van der Waals surface area contributed by atoms with E-state index in [0.29, 0.717) is 6.42 Å². The maximum atomic E-state index is 11.1. The van der Waals surface area contributed by atoms with Gasteiger partial charge in [0.1, 0.15) is 5.38 Å². The molecule has 6 heteroatoms. The van der Waals surface area contributed by atoms with Gasteiger partial charge in [0.25, 0.3) is 0 Å². The van der Waals surface area contributed by atoms with Gasteiger partial charge in [-0.05, 0) is 13.3 Å². The third-order valence-corrected chi connectivity index (χ3v) is 3.91. The molecule has 76 valence electrons. The molecular weight excluding hydrogens is 214 g/mol. The van der Waals surface area contributed by atoms with E-state index in [1.807, 2.05) is 0 Å². The van der Waals surface area contributed by atoms with Gasteiger partial charge in [-0.2, -0.15) is 0 Å². The van der Waals surface area contributed by atoms with Gasteiger partial charge in [-0.1, -0.05) is 0 Å². The minimum absolute atomic E-state index is 0.0440. The Morgan fingerprint density at radius 3 is 2.62 bits per heavy atom. The predicted molar refractivity (Wildman–Crippen MR) is 50.5 cm³/mol. The van der Waals surface area contributed by atoms with Crippen LogP contribution < -0.4 is 5.32 Å². The summed E-state index contributed by atoms with van der Waals surface area (Å²) in [5.41, 5.74) is 0. The molecule has 0 unspecified atom stereocenters. The van der Waals surface area contributed by atoms with Crippen LogP contribution in [-0.2, 0) is 14.6 Å². The van der Waals surface area contributed by atoms with Gasteiger partial charge in [-0.25, -0.2) is 8.42 Å². The molecule has 0 aromatic heterocycles. The summed E-state index contributed by atoms with van der Waals surface area (Å²) >= 11 is 5.52. The third kappa shape index (κ3) is 3.15. The minimum Gasteiger partial charge on any atom is -0.351 e. The lowest BCUT2D eigenvalue weighted by Gasteiger charge is -2.11. The summed E-state index contributed by atoms with van der Waals surface area (Å²) < 4.78 is 22.0. The highest BCUT2D eigenvalue weighted by molar-refractivity contribution is 7.91. The second-order valence-corrected chi connectivity index (χ2v) is 6.11. The Balaban J connectivity index is 2.46. The van der Waals surface area contributed by atoms with Crippen molar-refractivity contribution in [1.29, 1.82) is 0 Å². The van der Waals surface area contributed by atoms with Crippen LogP contribution in [0.25, 0.3) is 0 Å². The number of nitrogens with one attached hydrogen (secondary N) is 1. The molecule has 1 aliphatic rings. The van der Waals surface area contributed by atoms with E-state index in [1.54, 1.807) is 6.92 Å². The number of carbonyl (C=O) groups excluding carboxylic acids is 1. The number of hydrogen-bond donors (Lipinski definition) is 1. The van der Waals surface area contributed by atoms with Crippen LogP contribution in [0.15, 0.2) is 0 Å². The van der Waals surface area contributed by atoms with E-state index in [9.17, 15) is 13.2 Å². The normalized spacial score (nSPS) is 28.3. The lowest BCUT2D eigenvalue weighted by atomic mass is 10.2. The molecule has 2 atom stereocenters. The highest BCUT2D eigenvalue weighted by atomic mass is 35.5. The summed E-state index contributed by atoms with van der Waals surface area (Å²) in [6.07, 6.45) is 0.498. The monoisotopic (exact) mass is 225 g/mol. The van der Waals surface area contributed by atoms with E-state index >= 15 is 0 Å². The summed E-state index contributed by atoms with van der Waals surface area (Å²) in [4.78, 5) is 11.1. The molecule has 1 N–H and O–H groups in total. The first-order chi connectivity index (χ1) is 5.91. The zero-order valence-electron chi connectivity index (χ0n) is 7.29. The van der Waals surface area contributed by atoms with Crippen LogP contribution in [0.1, 0.15) is 13.3 Å². The molecule has 1 saturated heterocycles. The fraction of sp³-hybridized carbons (Fsp3) is 0.857. The number of halogens is 1. The molecule has 1 heterocycles. The smallest absolute Gasteiger partial charge is 0.238 e. The Labute approximate surface area is 82.6 Å². The molecule has 0 saturated carbocycles. The number of rotatable bonds is 2. The minimum atomic E-state index is -2.92. The Morgan fingerprint density at radius 1 is 1.62 bits per heavy atom. The SMILES string of the molecule is C[C@@H](Cl)C(=O)N[C@@H]1CCS(=O)(=O)C1. The van der Waals surface area contributed by atoms with Crippen molar-refractivity contribution >= 4 is 27.3 Å². The fourth-order valence-corrected chi connectivity index (χ4v) is 2.96. The number of amides is 1. The van der Waals surface area contributed by atoms with Crippen LogP contribution >= 0.6 is 11.6 Å². The van der Waals surface area contributed by atoms with E-state index in [4.69, 9.17) is 11.6 Å². The van der Waals surface area contributed by atoms with E-state index in [2.05, 4.69) is 5.32 Å². The Hall–Kier alpha value is -0.290. The third-order valence-electron chi connectivity index (χ3n) is 1.94. The van der Waals surface area contributed by atoms with Crippen molar-refractivity contribution in [2.45, 2.75) is 24.8 Å². The standard InChI is InChI=1S/C7H12ClNO3S/c1-5(8)7(10)9-6-2-3-13(11,12)4-6/h5-6H,2-4H2,1H3,(H,9,10)/t5-,6-/m1/s1. The molecule has 13 heavy (non-hydrogen) atoms. The number of sulfone groups is 1. The van der Waals surface area contributed by atoms with E-state index in [-0.39, 0.29) is 23.5 Å². The van der Waals surface area contributed by atoms with Gasteiger partial charge in [-0.15, -0.1) is 11.6 Å². The lowest BCUT2D eigenvalue weighted by molar-refractivity contribution is -0.121. The molecule has 0 aliphatic carbocycles. The molecule has 0 aromatic rings. The molecule has 1 fully saturated rings. The molecule has 0 spiro atoms. The van der Waals surface area contributed by atoms with Crippen LogP contribution in [0.4, 0.5) is 0 Å². The zero-order chi connectivity index (χ0) is 10.1. The predicted octanol–water partition coefficient (Wildman–Crippen LogP) is -0.0830. The maximum absolute atomic E-state index is 11.1. The molecule has 0 aromatic carbocycles. The van der Waals surface area contributed by atoms with Crippen molar-refractivity contribution in [3.8, 4) is 0 Å². The average Bonchev–Trinajstić information content (AvgIpc) is 2.30. The van der Waals surface area contributed by atoms with Crippen LogP contribution in [-0.4, -0.2) is 37.2 Å². The Kier molecular flexibility index (Phi) is 3.18. The van der Waals surface area contributed by atoms with Gasteiger partial charge >= 0.3 is 0 Å². The van der Waals surface area contributed by atoms with Gasteiger partial charge in [0.2, 0.25) is 5.91 Å². The quantitative estimate of drug-likeness (QED) is 0.669. The van der Waals surface area contributed by atoms with E-state index < -0.39 is 15.2 Å². The molecular formula is C7H12ClNO3S. The summed E-state index contributed by atoms with van der Waals surface area (Å²) in [7, 11) is -2.92. The van der Waals surface area contributed by atoms with Gasteiger partial charge < -0.3 is 5.32 Å². The fourth-order valence-electron chi connectivity index (χ4n) is 1.22. The van der Waals surface area contributed by atoms with Crippen LogP contribution in [0, 0.1) is 0 Å². The number of carbonyl (C=O) groups is 1. The first-order valence-electron chi connectivity index (χ1n) is 4.05. The molecule has 1 rings (SSSR count). The summed E-state index contributed by atoms with van der Waals surface area (Å²) in [6, 6.07) is -0.251. The highest BCUT2D eigenvalue weighted by Gasteiger charge is 2.29. The van der Waals surface area contributed by atoms with Crippen molar-refractivity contribution in [2.75, 3.05) is 11.5 Å². The summed E-state index contributed by atoms with van der Waals surface area (Å²) in [5.74, 6) is -0.0967. The molecule has 0 bridgehead atoms. The summed E-state index contributed by atoms with van der Waals surface area (Å²) in [6.45, 7) is 1.56. The second-order valence-electron chi connectivity index (χ2n) is 3.22. The van der Waals surface area contributed by atoms with Crippen molar-refractivity contribution in [2.24, 2.45) is 0 Å². The van der Waals surface area contributed by atoms with Crippen LogP contribution in [0.5, 0.6) is 0 Å². The topological polar surface area (TPSA) is 63.2 Å². The molecule has 0 radical (unpaired) electrons. The largest absolute Gasteiger partial charge is 0.351 e. The highest BCUT2D eigenvalue weighted by Crippen LogP contribution is 2.11. The van der Waals surface area contributed by atoms with Crippen molar-refractivity contribution < 1.29 is 13.2 Å². The van der Waals surface area contributed by atoms with Crippen molar-refractivity contribution in [1.82, 2.24) is 5.32 Å². The van der Waals surface area contributed by atoms with Gasteiger partial charge in [0.05, 0.1) is 11.5 Å². The van der Waals surface area contributed by atoms with Crippen molar-refractivity contribution in [3.05, 3.63) is 0 Å². The Morgan fingerprint density at radius 2 is 2.23 bits per heavy atom. The molecule has 1 aliphatic heterocycles. The number of hydrogen-bond acceptors (Lipinski definition) is 3. The van der Waals surface area contributed by atoms with E-state index in [1.165, 1.54) is 0 Å². The molecule has 1 amide bonds. The summed E-state index contributed by atoms with van der Waals surface area (Å²) in [5, 5.41) is 1.98. The first-order valence-corrected chi connectivity index (χ1v) is 6.31. The zero-order valence-corrected chi connectivity index (χ0v) is 8.86. The van der Waals surface area contributed by atoms with Gasteiger partial charge in [0, 0.05) is 6.04 Å². The Bertz CT molecular complexity index is 299. The lowest BCUT2D eigenvalue weighted by Crippen LogP contribution is -2.39. The van der Waals surface area contributed by atoms with E-state index in [0.717, 1.165) is 0 Å². The average molecular weight is 226 g/mol. The van der Waals surface area contributed by atoms with Crippen LogP contribution in [0.3, 0.4) is 0 Å². The molecule has 4 nitrogen and oxygen atoms in total. The van der Waals surface area contributed by atoms with Gasteiger partial charge in [0.15, 0.2) is 9.84 Å². The number of alkyl halides is 1. The van der Waals surface area contributed by atoms with Gasteiger partial charge in [-0.3, -0.25) is 4.79 Å². The maximum Gasteiger partial charge on any atom is 0.238 e. The van der Waals surface area contributed by atoms with Crippen molar-refractivity contribution in [3.63, 3.8) is 0 Å². The van der Waals surface area contributed by atoms with Crippen LogP contribution in [0.2, 0.25) is 0 Å². The first kappa shape index (κ1) is 10.8.